The van der Waals surface area contributed by atoms with Crippen molar-refractivity contribution in [3.05, 3.63) is 47.3 Å². The van der Waals surface area contributed by atoms with E-state index in [2.05, 4.69) is 39.8 Å². The van der Waals surface area contributed by atoms with E-state index in [0.29, 0.717) is 5.56 Å². The summed E-state index contributed by atoms with van der Waals surface area (Å²) in [5.41, 5.74) is 5.09. The highest BCUT2D eigenvalue weighted by Gasteiger charge is 2.23. The molecule has 0 radical (unpaired) electrons. The van der Waals surface area contributed by atoms with Gasteiger partial charge in [-0.05, 0) is 38.8 Å². The van der Waals surface area contributed by atoms with Crippen LogP contribution in [-0.4, -0.2) is 26.7 Å². The zero-order chi connectivity index (χ0) is 19.7. The van der Waals surface area contributed by atoms with Crippen LogP contribution in [0.1, 0.15) is 53.7 Å². The Morgan fingerprint density at radius 1 is 1.11 bits per heavy atom. The summed E-state index contributed by atoms with van der Waals surface area (Å²) in [6, 6.07) is 8.41. The van der Waals surface area contributed by atoms with E-state index < -0.39 is 0 Å². The number of carbonyl (C=O) groups is 1. The van der Waals surface area contributed by atoms with Gasteiger partial charge in [-0.25, -0.2) is 4.98 Å². The number of anilines is 2. The zero-order valence-corrected chi connectivity index (χ0v) is 16.7. The highest BCUT2D eigenvalue weighted by molar-refractivity contribution is 6.08. The van der Waals surface area contributed by atoms with Crippen molar-refractivity contribution in [2.45, 2.75) is 52.0 Å². The summed E-state index contributed by atoms with van der Waals surface area (Å²) in [5, 5.41) is 12.1. The summed E-state index contributed by atoms with van der Waals surface area (Å²) in [4.78, 5) is 17.7. The third kappa shape index (κ3) is 3.59. The van der Waals surface area contributed by atoms with Gasteiger partial charge in [0.05, 0.1) is 22.3 Å². The molecule has 146 valence electrons. The van der Waals surface area contributed by atoms with Gasteiger partial charge in [-0.1, -0.05) is 37.0 Å². The summed E-state index contributed by atoms with van der Waals surface area (Å²) >= 11 is 0. The Bertz CT molecular complexity index is 1000. The predicted octanol–water partition coefficient (Wildman–Crippen LogP) is 4.39. The van der Waals surface area contributed by atoms with Crippen LogP contribution in [0.5, 0.6) is 0 Å². The lowest BCUT2D eigenvalue weighted by Crippen LogP contribution is -2.36. The Hall–Kier alpha value is -2.89. The topological polar surface area (TPSA) is 71.8 Å². The normalized spacial score (nSPS) is 15.0. The van der Waals surface area contributed by atoms with Crippen LogP contribution < -0.4 is 10.6 Å². The van der Waals surface area contributed by atoms with Gasteiger partial charge in [0.2, 0.25) is 0 Å². The standard InChI is InChI=1S/C22H27N5O/c1-14-9-11-17(12-10-14)24-20-18(22(28)25-16-7-5-4-6-8-16)13-23-21-19(20)15(2)26-27(21)3/h9-13,16H,4-8H2,1-3H3,(H,23,24)(H,25,28). The number of pyridine rings is 1. The number of aryl methyl sites for hydroxylation is 3. The molecule has 2 aromatic heterocycles. The number of hydrogen-bond acceptors (Lipinski definition) is 4. The highest BCUT2D eigenvalue weighted by Crippen LogP contribution is 2.31. The van der Waals surface area contributed by atoms with Crippen molar-refractivity contribution in [1.82, 2.24) is 20.1 Å². The first-order valence-corrected chi connectivity index (χ1v) is 10.00. The molecule has 3 aromatic rings. The maximum atomic E-state index is 13.1. The monoisotopic (exact) mass is 377 g/mol. The van der Waals surface area contributed by atoms with Crippen LogP contribution in [0.4, 0.5) is 11.4 Å². The van der Waals surface area contributed by atoms with E-state index in [4.69, 9.17) is 0 Å². The summed E-state index contributed by atoms with van der Waals surface area (Å²) in [6.45, 7) is 4.01. The van der Waals surface area contributed by atoms with Gasteiger partial charge < -0.3 is 10.6 Å². The molecule has 2 N–H and O–H groups in total. The molecule has 4 rings (SSSR count). The average Bonchev–Trinajstić information content (AvgIpc) is 2.98. The third-order valence-electron chi connectivity index (χ3n) is 5.53. The Balaban J connectivity index is 1.75. The van der Waals surface area contributed by atoms with Crippen molar-refractivity contribution < 1.29 is 4.79 Å². The van der Waals surface area contributed by atoms with Crippen LogP contribution in [-0.2, 0) is 7.05 Å². The van der Waals surface area contributed by atoms with Crippen molar-refractivity contribution >= 4 is 28.3 Å². The molecule has 1 fully saturated rings. The Morgan fingerprint density at radius 2 is 1.82 bits per heavy atom. The molecule has 28 heavy (non-hydrogen) atoms. The first-order valence-electron chi connectivity index (χ1n) is 10.00. The number of aromatic nitrogens is 3. The molecule has 1 saturated carbocycles. The Labute approximate surface area is 165 Å². The van der Waals surface area contributed by atoms with Crippen LogP contribution >= 0.6 is 0 Å². The largest absolute Gasteiger partial charge is 0.354 e. The minimum absolute atomic E-state index is 0.0702. The number of benzene rings is 1. The predicted molar refractivity (Wildman–Crippen MR) is 112 cm³/mol. The van der Waals surface area contributed by atoms with E-state index in [1.54, 1.807) is 10.9 Å². The number of amides is 1. The molecule has 0 aliphatic heterocycles. The van der Waals surface area contributed by atoms with E-state index >= 15 is 0 Å². The number of rotatable bonds is 4. The minimum Gasteiger partial charge on any atom is -0.354 e. The molecule has 1 aromatic carbocycles. The summed E-state index contributed by atoms with van der Waals surface area (Å²) in [5.74, 6) is -0.0702. The fourth-order valence-corrected chi connectivity index (χ4v) is 4.00. The fraction of sp³-hybridized carbons (Fsp3) is 0.409. The van der Waals surface area contributed by atoms with Gasteiger partial charge in [0, 0.05) is 25.0 Å². The van der Waals surface area contributed by atoms with Crippen molar-refractivity contribution in [1.29, 1.82) is 0 Å². The van der Waals surface area contributed by atoms with Gasteiger partial charge in [-0.3, -0.25) is 9.48 Å². The SMILES string of the molecule is Cc1ccc(Nc2c(C(=O)NC3CCCCC3)cnc3c2c(C)nn3C)cc1. The number of fused-ring (bicyclic) bond motifs is 1. The molecule has 2 heterocycles. The Morgan fingerprint density at radius 3 is 2.54 bits per heavy atom. The van der Waals surface area contributed by atoms with E-state index in [0.717, 1.165) is 40.9 Å². The molecule has 1 aliphatic carbocycles. The lowest BCUT2D eigenvalue weighted by Gasteiger charge is -2.23. The second-order valence-corrected chi connectivity index (χ2v) is 7.75. The molecule has 1 amide bonds. The molecule has 0 unspecified atom stereocenters. The maximum Gasteiger partial charge on any atom is 0.255 e. The van der Waals surface area contributed by atoms with Crippen LogP contribution in [0.2, 0.25) is 0 Å². The summed E-state index contributed by atoms with van der Waals surface area (Å²) in [7, 11) is 1.87. The second-order valence-electron chi connectivity index (χ2n) is 7.75. The van der Waals surface area contributed by atoms with Crippen LogP contribution in [0.3, 0.4) is 0 Å². The first kappa shape index (κ1) is 18.5. The van der Waals surface area contributed by atoms with Gasteiger partial charge >= 0.3 is 0 Å². The van der Waals surface area contributed by atoms with E-state index in [-0.39, 0.29) is 11.9 Å². The van der Waals surface area contributed by atoms with E-state index in [1.807, 2.05) is 26.1 Å². The van der Waals surface area contributed by atoms with Gasteiger partial charge in [-0.2, -0.15) is 5.10 Å². The molecule has 0 bridgehead atoms. The fourth-order valence-electron chi connectivity index (χ4n) is 4.00. The van der Waals surface area contributed by atoms with Gasteiger partial charge in [0.25, 0.3) is 5.91 Å². The summed E-state index contributed by atoms with van der Waals surface area (Å²) < 4.78 is 1.76. The van der Waals surface area contributed by atoms with Gasteiger partial charge in [0.1, 0.15) is 0 Å². The number of nitrogens with one attached hydrogen (secondary N) is 2. The van der Waals surface area contributed by atoms with Gasteiger partial charge in [0.15, 0.2) is 5.65 Å². The van der Waals surface area contributed by atoms with Gasteiger partial charge in [-0.15, -0.1) is 0 Å². The second kappa shape index (κ2) is 7.62. The van der Waals surface area contributed by atoms with Crippen molar-refractivity contribution in [2.75, 3.05) is 5.32 Å². The number of nitrogens with zero attached hydrogens (tertiary/aromatic N) is 3. The smallest absolute Gasteiger partial charge is 0.255 e. The molecule has 6 nitrogen and oxygen atoms in total. The number of carbonyl (C=O) groups excluding carboxylic acids is 1. The third-order valence-corrected chi connectivity index (χ3v) is 5.53. The average molecular weight is 377 g/mol. The zero-order valence-electron chi connectivity index (χ0n) is 16.7. The summed E-state index contributed by atoms with van der Waals surface area (Å²) in [6.07, 6.45) is 7.38. The molecule has 0 saturated heterocycles. The van der Waals surface area contributed by atoms with Crippen molar-refractivity contribution in [3.8, 4) is 0 Å². The molecule has 0 spiro atoms. The number of hydrogen-bond donors (Lipinski definition) is 2. The molecular formula is C22H27N5O. The Kier molecular flexibility index (Phi) is 5.03. The quantitative estimate of drug-likeness (QED) is 0.707. The van der Waals surface area contributed by atoms with Crippen LogP contribution in [0.25, 0.3) is 11.0 Å². The van der Waals surface area contributed by atoms with Crippen LogP contribution in [0, 0.1) is 13.8 Å². The minimum atomic E-state index is -0.0702. The molecule has 1 aliphatic rings. The van der Waals surface area contributed by atoms with Crippen molar-refractivity contribution in [2.24, 2.45) is 7.05 Å². The van der Waals surface area contributed by atoms with Crippen LogP contribution in [0.15, 0.2) is 30.5 Å². The molecule has 0 atom stereocenters. The molecule has 6 heteroatoms. The maximum absolute atomic E-state index is 13.1. The van der Waals surface area contributed by atoms with E-state index in [1.165, 1.54) is 24.8 Å². The first-order chi connectivity index (χ1) is 13.5. The lowest BCUT2D eigenvalue weighted by molar-refractivity contribution is 0.0928. The van der Waals surface area contributed by atoms with E-state index in [9.17, 15) is 4.79 Å². The molecular weight excluding hydrogens is 350 g/mol. The van der Waals surface area contributed by atoms with Crippen molar-refractivity contribution in [3.63, 3.8) is 0 Å². The highest BCUT2D eigenvalue weighted by atomic mass is 16.1. The lowest BCUT2D eigenvalue weighted by atomic mass is 9.95.